The van der Waals surface area contributed by atoms with Crippen LogP contribution in [0, 0.1) is 0 Å². The van der Waals surface area contributed by atoms with Gasteiger partial charge in [0.05, 0.1) is 12.8 Å². The van der Waals surface area contributed by atoms with E-state index in [1.807, 2.05) is 103 Å². The molecule has 0 saturated heterocycles. The van der Waals surface area contributed by atoms with Crippen molar-refractivity contribution in [2.75, 3.05) is 12.4 Å². The highest BCUT2D eigenvalue weighted by atomic mass is 79.9. The van der Waals surface area contributed by atoms with E-state index < -0.39 is 12.0 Å². The van der Waals surface area contributed by atoms with Gasteiger partial charge >= 0.3 is 5.97 Å². The smallest absolute Gasteiger partial charge is 0.336 e. The highest BCUT2D eigenvalue weighted by Crippen LogP contribution is 2.41. The van der Waals surface area contributed by atoms with Crippen molar-refractivity contribution >= 4 is 27.6 Å². The van der Waals surface area contributed by atoms with Gasteiger partial charge in [-0.25, -0.2) is 4.79 Å². The van der Waals surface area contributed by atoms with E-state index in [0.717, 1.165) is 33.3 Å². The summed E-state index contributed by atoms with van der Waals surface area (Å²) in [5.41, 5.74) is 4.46. The van der Waals surface area contributed by atoms with E-state index in [1.165, 1.54) is 0 Å². The number of benzene rings is 4. The first-order valence-electron chi connectivity index (χ1n) is 12.4. The zero-order valence-electron chi connectivity index (χ0n) is 21.5. The largest absolute Gasteiger partial charge is 0.492 e. The van der Waals surface area contributed by atoms with Gasteiger partial charge in [-0.05, 0) is 30.5 Å². The monoisotopic (exact) mass is 571 g/mol. The van der Waals surface area contributed by atoms with Crippen LogP contribution in [-0.2, 0) is 17.8 Å². The quantitative estimate of drug-likeness (QED) is 0.0837. The van der Waals surface area contributed by atoms with E-state index in [-0.39, 0.29) is 5.75 Å². The first kappa shape index (κ1) is 27.1. The van der Waals surface area contributed by atoms with Crippen molar-refractivity contribution in [2.45, 2.75) is 26.0 Å². The van der Waals surface area contributed by atoms with E-state index in [2.05, 4.69) is 15.9 Å². The number of carbonyl (C=O) groups excluding carboxylic acids is 1. The summed E-state index contributed by atoms with van der Waals surface area (Å²) in [4.78, 5) is 18.2. The number of carbonyl (C=O) groups is 1. The number of methoxy groups -OCH3 is 1. The molecule has 4 rings (SSSR count). The Kier molecular flexibility index (Phi) is 9.71. The molecule has 6 heteroatoms. The molecule has 5 nitrogen and oxygen atoms in total. The molecule has 0 amide bonds. The molecule has 0 radical (unpaired) electrons. The first-order chi connectivity index (χ1) is 18.6. The normalized spacial score (nSPS) is 11.3. The minimum atomic E-state index is -0.781. The molecule has 0 spiro atoms. The predicted molar refractivity (Wildman–Crippen MR) is 155 cm³/mol. The van der Waals surface area contributed by atoms with E-state index in [0.29, 0.717) is 24.5 Å². The third kappa shape index (κ3) is 6.90. The minimum Gasteiger partial charge on any atom is -0.492 e. The Labute approximate surface area is 232 Å². The van der Waals surface area contributed by atoms with Gasteiger partial charge in [-0.3, -0.25) is 4.99 Å². The lowest BCUT2D eigenvalue weighted by atomic mass is 10.0. The summed E-state index contributed by atoms with van der Waals surface area (Å²) < 4.78 is 17.8. The minimum absolute atomic E-state index is 0.259. The number of alkyl halides is 1. The molecule has 0 aliphatic heterocycles. The van der Waals surface area contributed by atoms with E-state index in [9.17, 15) is 4.79 Å². The molecule has 1 unspecified atom stereocenters. The van der Waals surface area contributed by atoms with Gasteiger partial charge in [0.25, 0.3) is 0 Å². The molecule has 0 bridgehead atoms. The number of hydrogen-bond donors (Lipinski definition) is 0. The molecule has 0 heterocycles. The second kappa shape index (κ2) is 13.6. The van der Waals surface area contributed by atoms with Gasteiger partial charge in [0.15, 0.2) is 11.5 Å². The van der Waals surface area contributed by atoms with Crippen LogP contribution in [0.1, 0.15) is 29.2 Å². The fourth-order valence-electron chi connectivity index (χ4n) is 3.99. The standard InChI is InChI=1S/C32H30BrNO4/c1-23(34-29(25-14-8-4-9-15-25)26-16-10-5-11-17-26)32(35)38-31-28(37-22-24-12-6-3-7-13-24)19-18-27(20-21-33)30(31)36-2/h3-19,23H,20-22H2,1-2H3. The Balaban J connectivity index is 1.65. The third-order valence-corrected chi connectivity index (χ3v) is 6.32. The van der Waals surface area contributed by atoms with Crippen LogP contribution in [0.5, 0.6) is 17.2 Å². The fraction of sp³-hybridized carbons (Fsp3) is 0.188. The number of nitrogens with zero attached hydrogens (tertiary/aromatic N) is 1. The molecule has 0 aliphatic carbocycles. The lowest BCUT2D eigenvalue weighted by Gasteiger charge is -2.19. The Morgan fingerprint density at radius 1 is 0.816 bits per heavy atom. The lowest BCUT2D eigenvalue weighted by molar-refractivity contribution is -0.135. The van der Waals surface area contributed by atoms with Crippen molar-refractivity contribution in [3.05, 3.63) is 125 Å². The number of rotatable bonds is 11. The zero-order chi connectivity index (χ0) is 26.7. The molecule has 0 saturated carbocycles. The van der Waals surface area contributed by atoms with Crippen molar-refractivity contribution < 1.29 is 19.0 Å². The maximum atomic E-state index is 13.4. The SMILES string of the molecule is COc1c(CCBr)ccc(OCc2ccccc2)c1OC(=O)C(C)N=C(c1ccccc1)c1ccccc1. The molecular formula is C32H30BrNO4. The van der Waals surface area contributed by atoms with Gasteiger partial charge in [0.2, 0.25) is 5.75 Å². The van der Waals surface area contributed by atoms with Crippen molar-refractivity contribution in [3.8, 4) is 17.2 Å². The van der Waals surface area contributed by atoms with Crippen molar-refractivity contribution in [1.29, 1.82) is 0 Å². The molecule has 0 aromatic heterocycles. The van der Waals surface area contributed by atoms with Crippen LogP contribution < -0.4 is 14.2 Å². The van der Waals surface area contributed by atoms with Gasteiger partial charge in [0.1, 0.15) is 12.6 Å². The average Bonchev–Trinajstić information content (AvgIpc) is 2.97. The van der Waals surface area contributed by atoms with Gasteiger partial charge in [0, 0.05) is 16.5 Å². The van der Waals surface area contributed by atoms with Crippen molar-refractivity contribution in [3.63, 3.8) is 0 Å². The Bertz CT molecular complexity index is 1320. The number of ether oxygens (including phenoxy) is 3. The van der Waals surface area contributed by atoms with Crippen LogP contribution in [0.15, 0.2) is 108 Å². The summed E-state index contributed by atoms with van der Waals surface area (Å²) in [6, 6.07) is 32.4. The number of hydrogen-bond acceptors (Lipinski definition) is 5. The lowest BCUT2D eigenvalue weighted by Crippen LogP contribution is -2.24. The molecule has 194 valence electrons. The Hall–Kier alpha value is -3.90. The predicted octanol–water partition coefficient (Wildman–Crippen LogP) is 7.04. The highest BCUT2D eigenvalue weighted by molar-refractivity contribution is 9.09. The first-order valence-corrected chi connectivity index (χ1v) is 13.6. The molecule has 0 fully saturated rings. The topological polar surface area (TPSA) is 57.1 Å². The van der Waals surface area contributed by atoms with E-state index in [4.69, 9.17) is 19.2 Å². The summed E-state index contributed by atoms with van der Waals surface area (Å²) in [5, 5.41) is 0.735. The summed E-state index contributed by atoms with van der Waals surface area (Å²) in [6.07, 6.45) is 0.701. The van der Waals surface area contributed by atoms with Gasteiger partial charge in [-0.2, -0.15) is 0 Å². The highest BCUT2D eigenvalue weighted by Gasteiger charge is 2.24. The number of aryl methyl sites for hydroxylation is 1. The Morgan fingerprint density at radius 2 is 1.39 bits per heavy atom. The summed E-state index contributed by atoms with van der Waals surface area (Å²) in [7, 11) is 1.57. The van der Waals surface area contributed by atoms with Gasteiger partial charge < -0.3 is 14.2 Å². The molecular weight excluding hydrogens is 542 g/mol. The van der Waals surface area contributed by atoms with Gasteiger partial charge in [-0.15, -0.1) is 0 Å². The summed E-state index contributed by atoms with van der Waals surface area (Å²) in [5.74, 6) is 0.661. The number of halogens is 1. The van der Waals surface area contributed by atoms with E-state index in [1.54, 1.807) is 14.0 Å². The second-order valence-electron chi connectivity index (χ2n) is 8.61. The molecule has 0 N–H and O–H groups in total. The molecule has 38 heavy (non-hydrogen) atoms. The van der Waals surface area contributed by atoms with Gasteiger partial charge in [-0.1, -0.05) is 113 Å². The van der Waals surface area contributed by atoms with Crippen LogP contribution in [-0.4, -0.2) is 30.2 Å². The molecule has 0 aliphatic rings. The maximum absolute atomic E-state index is 13.4. The van der Waals surface area contributed by atoms with Crippen LogP contribution in [0.3, 0.4) is 0 Å². The summed E-state index contributed by atoms with van der Waals surface area (Å²) in [6.45, 7) is 2.06. The van der Waals surface area contributed by atoms with E-state index >= 15 is 0 Å². The molecule has 4 aromatic rings. The average molecular weight is 572 g/mol. The van der Waals surface area contributed by atoms with Crippen LogP contribution in [0.4, 0.5) is 0 Å². The van der Waals surface area contributed by atoms with Crippen LogP contribution >= 0.6 is 15.9 Å². The fourth-order valence-corrected chi connectivity index (χ4v) is 4.42. The Morgan fingerprint density at radius 3 is 1.95 bits per heavy atom. The van der Waals surface area contributed by atoms with Crippen molar-refractivity contribution in [1.82, 2.24) is 0 Å². The summed E-state index contributed by atoms with van der Waals surface area (Å²) >= 11 is 3.49. The molecule has 4 aromatic carbocycles. The van der Waals surface area contributed by atoms with Crippen LogP contribution in [0.2, 0.25) is 0 Å². The number of aliphatic imine (C=N–C) groups is 1. The third-order valence-electron chi connectivity index (χ3n) is 5.92. The van der Waals surface area contributed by atoms with Crippen LogP contribution in [0.25, 0.3) is 0 Å². The zero-order valence-corrected chi connectivity index (χ0v) is 23.1. The second-order valence-corrected chi connectivity index (χ2v) is 9.40. The maximum Gasteiger partial charge on any atom is 0.336 e. The van der Waals surface area contributed by atoms with Crippen molar-refractivity contribution in [2.24, 2.45) is 4.99 Å². The number of esters is 1. The molecule has 1 atom stereocenters.